The Morgan fingerprint density at radius 2 is 2.09 bits per heavy atom. The van der Waals surface area contributed by atoms with Gasteiger partial charge in [0.15, 0.2) is 0 Å². The fourth-order valence-electron chi connectivity index (χ4n) is 2.24. The molecule has 2 aromatic rings. The molecule has 0 aliphatic rings. The summed E-state index contributed by atoms with van der Waals surface area (Å²) in [6.07, 6.45) is 3.83. The number of hydrogen-bond acceptors (Lipinski definition) is 3. The first-order chi connectivity index (χ1) is 10.6. The summed E-state index contributed by atoms with van der Waals surface area (Å²) in [6.45, 7) is 6.57. The van der Waals surface area contributed by atoms with Crippen LogP contribution in [0.15, 0.2) is 36.7 Å². The maximum atomic E-state index is 12.1. The molecule has 0 spiro atoms. The van der Waals surface area contributed by atoms with Crippen molar-refractivity contribution >= 4 is 5.91 Å². The Balaban J connectivity index is 1.71. The van der Waals surface area contributed by atoms with Crippen LogP contribution in [0.4, 0.5) is 0 Å². The first-order valence-corrected chi connectivity index (χ1v) is 7.54. The van der Waals surface area contributed by atoms with Crippen LogP contribution in [0.2, 0.25) is 0 Å². The second-order valence-electron chi connectivity index (χ2n) is 5.63. The number of aryl methyl sites for hydroxylation is 2. The summed E-state index contributed by atoms with van der Waals surface area (Å²) in [7, 11) is 1.84. The topological polar surface area (TPSA) is 50.2 Å². The van der Waals surface area contributed by atoms with Crippen molar-refractivity contribution in [2.24, 2.45) is 0 Å². The summed E-state index contributed by atoms with van der Waals surface area (Å²) in [6, 6.07) is 8.15. The second-order valence-corrected chi connectivity index (χ2v) is 5.63. The van der Waals surface area contributed by atoms with Crippen LogP contribution in [0, 0.1) is 13.8 Å². The van der Waals surface area contributed by atoms with Gasteiger partial charge in [0.25, 0.3) is 0 Å². The highest BCUT2D eigenvalue weighted by Crippen LogP contribution is 2.09. The minimum atomic E-state index is 0.0971. The molecule has 0 fully saturated rings. The Hall–Kier alpha value is -2.14. The highest BCUT2D eigenvalue weighted by atomic mass is 16.2. The lowest BCUT2D eigenvalue weighted by atomic mass is 10.1. The predicted molar refractivity (Wildman–Crippen MR) is 87.5 cm³/mol. The molecule has 5 nitrogen and oxygen atoms in total. The molecule has 0 saturated carbocycles. The Morgan fingerprint density at radius 3 is 2.77 bits per heavy atom. The van der Waals surface area contributed by atoms with Gasteiger partial charge < -0.3 is 10.2 Å². The van der Waals surface area contributed by atoms with Gasteiger partial charge in [-0.25, -0.2) is 0 Å². The normalized spacial score (nSPS) is 10.7. The number of aromatic nitrogens is 2. The van der Waals surface area contributed by atoms with Crippen LogP contribution < -0.4 is 5.32 Å². The number of hydrogen-bond donors (Lipinski definition) is 1. The maximum absolute atomic E-state index is 12.1. The van der Waals surface area contributed by atoms with Crippen LogP contribution in [0.1, 0.15) is 16.7 Å². The Kier molecular flexibility index (Phi) is 5.72. The van der Waals surface area contributed by atoms with Gasteiger partial charge in [0, 0.05) is 26.3 Å². The third kappa shape index (κ3) is 4.70. The van der Waals surface area contributed by atoms with Crippen molar-refractivity contribution in [3.05, 3.63) is 53.3 Å². The van der Waals surface area contributed by atoms with E-state index in [0.717, 1.165) is 18.7 Å². The summed E-state index contributed by atoms with van der Waals surface area (Å²) < 4.78 is 1.88. The van der Waals surface area contributed by atoms with Gasteiger partial charge in [-0.15, -0.1) is 0 Å². The molecule has 0 unspecified atom stereocenters. The van der Waals surface area contributed by atoms with Gasteiger partial charge in [-0.3, -0.25) is 9.48 Å². The molecular formula is C17H24N4O. The lowest BCUT2D eigenvalue weighted by molar-refractivity contribution is -0.129. The highest BCUT2D eigenvalue weighted by Gasteiger charge is 2.09. The standard InChI is InChI=1S/C17H24N4O/c1-14-10-19-21(12-14)9-8-18-11-17(22)20(3)13-16-7-5-4-6-15(16)2/h4-7,10,12,18H,8-9,11,13H2,1-3H3. The van der Waals surface area contributed by atoms with Gasteiger partial charge in [-0.2, -0.15) is 5.10 Å². The molecule has 1 aromatic heterocycles. The number of nitrogens with zero attached hydrogens (tertiary/aromatic N) is 3. The van der Waals surface area contributed by atoms with E-state index in [1.165, 1.54) is 11.1 Å². The SMILES string of the molecule is Cc1cnn(CCNCC(=O)N(C)Cc2ccccc2C)c1. The third-order valence-electron chi connectivity index (χ3n) is 3.65. The fraction of sp³-hybridized carbons (Fsp3) is 0.412. The third-order valence-corrected chi connectivity index (χ3v) is 3.65. The van der Waals surface area contributed by atoms with Crippen LogP contribution in [0.25, 0.3) is 0 Å². The smallest absolute Gasteiger partial charge is 0.236 e. The zero-order valence-corrected chi connectivity index (χ0v) is 13.5. The molecular weight excluding hydrogens is 276 g/mol. The van der Waals surface area contributed by atoms with E-state index in [1.54, 1.807) is 4.90 Å². The van der Waals surface area contributed by atoms with Crippen molar-refractivity contribution in [2.75, 3.05) is 20.1 Å². The van der Waals surface area contributed by atoms with E-state index in [4.69, 9.17) is 0 Å². The number of amides is 1. The molecule has 0 aliphatic carbocycles. The lowest BCUT2D eigenvalue weighted by Crippen LogP contribution is -2.36. The molecule has 5 heteroatoms. The summed E-state index contributed by atoms with van der Waals surface area (Å²) in [5.74, 6) is 0.0971. The highest BCUT2D eigenvalue weighted by molar-refractivity contribution is 5.78. The van der Waals surface area contributed by atoms with E-state index in [1.807, 2.05) is 43.2 Å². The van der Waals surface area contributed by atoms with Crippen LogP contribution in [-0.2, 0) is 17.9 Å². The molecule has 1 N–H and O–H groups in total. The molecule has 0 saturated heterocycles. The number of likely N-dealkylation sites (N-methyl/N-ethyl adjacent to an activating group) is 1. The van der Waals surface area contributed by atoms with Crippen molar-refractivity contribution in [1.82, 2.24) is 20.0 Å². The number of carbonyl (C=O) groups is 1. The van der Waals surface area contributed by atoms with Gasteiger partial charge in [0.2, 0.25) is 5.91 Å². The maximum Gasteiger partial charge on any atom is 0.236 e. The van der Waals surface area contributed by atoms with Gasteiger partial charge in [-0.1, -0.05) is 24.3 Å². The Labute approximate surface area is 131 Å². The van der Waals surface area contributed by atoms with E-state index < -0.39 is 0 Å². The quantitative estimate of drug-likeness (QED) is 0.793. The fourth-order valence-corrected chi connectivity index (χ4v) is 2.24. The number of carbonyl (C=O) groups excluding carboxylic acids is 1. The molecule has 1 aromatic carbocycles. The molecule has 0 radical (unpaired) electrons. The monoisotopic (exact) mass is 300 g/mol. The van der Waals surface area contributed by atoms with Gasteiger partial charge >= 0.3 is 0 Å². The molecule has 0 aliphatic heterocycles. The molecule has 0 atom stereocenters. The summed E-state index contributed by atoms with van der Waals surface area (Å²) in [5.41, 5.74) is 3.54. The van der Waals surface area contributed by atoms with Crippen molar-refractivity contribution in [3.8, 4) is 0 Å². The average molecular weight is 300 g/mol. The number of rotatable bonds is 7. The Morgan fingerprint density at radius 1 is 1.32 bits per heavy atom. The summed E-state index contributed by atoms with van der Waals surface area (Å²) in [5, 5.41) is 7.39. The van der Waals surface area contributed by atoms with Crippen LogP contribution in [-0.4, -0.2) is 40.7 Å². The lowest BCUT2D eigenvalue weighted by Gasteiger charge is -2.18. The minimum Gasteiger partial charge on any atom is -0.340 e. The summed E-state index contributed by atoms with van der Waals surface area (Å²) >= 11 is 0. The largest absolute Gasteiger partial charge is 0.340 e. The average Bonchev–Trinajstić information content (AvgIpc) is 2.91. The number of benzene rings is 1. The number of nitrogens with one attached hydrogen (secondary N) is 1. The first-order valence-electron chi connectivity index (χ1n) is 7.54. The van der Waals surface area contributed by atoms with Gasteiger partial charge in [0.1, 0.15) is 0 Å². The van der Waals surface area contributed by atoms with Crippen molar-refractivity contribution < 1.29 is 4.79 Å². The minimum absolute atomic E-state index is 0.0971. The van der Waals surface area contributed by atoms with Crippen molar-refractivity contribution in [3.63, 3.8) is 0 Å². The molecule has 1 heterocycles. The van der Waals surface area contributed by atoms with Gasteiger partial charge in [-0.05, 0) is 30.5 Å². The van der Waals surface area contributed by atoms with Crippen LogP contribution in [0.5, 0.6) is 0 Å². The van der Waals surface area contributed by atoms with E-state index >= 15 is 0 Å². The molecule has 2 rings (SSSR count). The second kappa shape index (κ2) is 7.75. The molecule has 0 bridgehead atoms. The van der Waals surface area contributed by atoms with E-state index in [2.05, 4.69) is 29.5 Å². The van der Waals surface area contributed by atoms with E-state index in [-0.39, 0.29) is 5.91 Å². The zero-order valence-electron chi connectivity index (χ0n) is 13.5. The van der Waals surface area contributed by atoms with E-state index in [9.17, 15) is 4.79 Å². The molecule has 1 amide bonds. The van der Waals surface area contributed by atoms with Gasteiger partial charge in [0.05, 0.1) is 19.3 Å². The van der Waals surface area contributed by atoms with Crippen LogP contribution >= 0.6 is 0 Å². The van der Waals surface area contributed by atoms with E-state index in [0.29, 0.717) is 13.1 Å². The van der Waals surface area contributed by atoms with Crippen LogP contribution in [0.3, 0.4) is 0 Å². The molecule has 118 valence electrons. The molecule has 22 heavy (non-hydrogen) atoms. The van der Waals surface area contributed by atoms with Crippen molar-refractivity contribution in [1.29, 1.82) is 0 Å². The Bertz CT molecular complexity index is 621. The zero-order chi connectivity index (χ0) is 15.9. The summed E-state index contributed by atoms with van der Waals surface area (Å²) in [4.78, 5) is 13.9. The first kappa shape index (κ1) is 16.2. The predicted octanol–water partition coefficient (Wildman–Crippen LogP) is 1.75. The van der Waals surface area contributed by atoms with Crippen molar-refractivity contribution in [2.45, 2.75) is 26.9 Å².